The summed E-state index contributed by atoms with van der Waals surface area (Å²) in [6.45, 7) is 9.86. The van der Waals surface area contributed by atoms with Crippen LogP contribution in [0.25, 0.3) is 0 Å². The van der Waals surface area contributed by atoms with Crippen molar-refractivity contribution in [2.24, 2.45) is 10.8 Å². The molecule has 0 aromatic carbocycles. The molecule has 0 saturated heterocycles. The van der Waals surface area contributed by atoms with Gasteiger partial charge in [0, 0.05) is 6.04 Å². The molecule has 1 aromatic heterocycles. The maximum absolute atomic E-state index is 10.8. The summed E-state index contributed by atoms with van der Waals surface area (Å²) < 4.78 is 5.28. The van der Waals surface area contributed by atoms with E-state index in [4.69, 9.17) is 9.52 Å². The van der Waals surface area contributed by atoms with Crippen LogP contribution in [0.15, 0.2) is 16.7 Å². The third-order valence-electron chi connectivity index (χ3n) is 4.02. The molecule has 0 spiro atoms. The standard InChI is InChI=1S/C16H25NO3/c1-15(2)6-12(7-16(3,4)10-15)17-8-13-5-11(9-20-13)14(18)19/h5,9,12,17H,6-8,10H2,1-4H3,(H,18,19). The first-order valence-corrected chi connectivity index (χ1v) is 7.21. The predicted molar refractivity (Wildman–Crippen MR) is 77.7 cm³/mol. The molecule has 0 bridgehead atoms. The SMILES string of the molecule is CC1(C)CC(NCc2cc(C(=O)O)co2)CC(C)(C)C1. The van der Waals surface area contributed by atoms with Gasteiger partial charge in [0.25, 0.3) is 0 Å². The summed E-state index contributed by atoms with van der Waals surface area (Å²) in [5, 5.41) is 12.4. The zero-order chi connectivity index (χ0) is 15.0. The van der Waals surface area contributed by atoms with Crippen molar-refractivity contribution in [2.45, 2.75) is 59.5 Å². The van der Waals surface area contributed by atoms with Crippen LogP contribution in [0, 0.1) is 10.8 Å². The highest BCUT2D eigenvalue weighted by Crippen LogP contribution is 2.45. The number of carbonyl (C=O) groups is 1. The van der Waals surface area contributed by atoms with Crippen LogP contribution in [-0.4, -0.2) is 17.1 Å². The van der Waals surface area contributed by atoms with E-state index in [2.05, 4.69) is 33.0 Å². The fraction of sp³-hybridized carbons (Fsp3) is 0.688. The number of furan rings is 1. The molecular formula is C16H25NO3. The van der Waals surface area contributed by atoms with Crippen molar-refractivity contribution in [3.8, 4) is 0 Å². The quantitative estimate of drug-likeness (QED) is 0.882. The van der Waals surface area contributed by atoms with Crippen LogP contribution in [0.1, 0.15) is 63.1 Å². The summed E-state index contributed by atoms with van der Waals surface area (Å²) in [7, 11) is 0. The summed E-state index contributed by atoms with van der Waals surface area (Å²) >= 11 is 0. The van der Waals surface area contributed by atoms with Crippen molar-refractivity contribution in [3.63, 3.8) is 0 Å². The molecule has 0 unspecified atom stereocenters. The highest BCUT2D eigenvalue weighted by Gasteiger charge is 2.38. The van der Waals surface area contributed by atoms with Crippen molar-refractivity contribution in [1.29, 1.82) is 0 Å². The van der Waals surface area contributed by atoms with Gasteiger partial charge in [-0.15, -0.1) is 0 Å². The molecule has 1 heterocycles. The average molecular weight is 279 g/mol. The van der Waals surface area contributed by atoms with Crippen molar-refractivity contribution in [2.75, 3.05) is 0 Å². The van der Waals surface area contributed by atoms with Crippen LogP contribution in [0.3, 0.4) is 0 Å². The second-order valence-corrected chi connectivity index (χ2v) is 7.60. The third-order valence-corrected chi connectivity index (χ3v) is 4.02. The van der Waals surface area contributed by atoms with Gasteiger partial charge in [0.2, 0.25) is 0 Å². The van der Waals surface area contributed by atoms with Gasteiger partial charge in [-0.1, -0.05) is 27.7 Å². The molecule has 4 heteroatoms. The second-order valence-electron chi connectivity index (χ2n) is 7.60. The number of nitrogens with one attached hydrogen (secondary N) is 1. The Kier molecular flexibility index (Phi) is 3.96. The van der Waals surface area contributed by atoms with Crippen LogP contribution in [0.2, 0.25) is 0 Å². The Balaban J connectivity index is 1.94. The van der Waals surface area contributed by atoms with Gasteiger partial charge in [-0.3, -0.25) is 0 Å². The lowest BCUT2D eigenvalue weighted by atomic mass is 9.63. The first-order valence-electron chi connectivity index (χ1n) is 7.21. The van der Waals surface area contributed by atoms with Gasteiger partial charge in [-0.2, -0.15) is 0 Å². The van der Waals surface area contributed by atoms with Gasteiger partial charge >= 0.3 is 5.97 Å². The summed E-state index contributed by atoms with van der Waals surface area (Å²) in [5.74, 6) is -0.261. The van der Waals surface area contributed by atoms with E-state index >= 15 is 0 Å². The number of hydrogen-bond acceptors (Lipinski definition) is 3. The monoisotopic (exact) mass is 279 g/mol. The first kappa shape index (κ1) is 15.1. The van der Waals surface area contributed by atoms with Gasteiger partial charge in [0.15, 0.2) is 0 Å². The number of hydrogen-bond donors (Lipinski definition) is 2. The van der Waals surface area contributed by atoms with Crippen LogP contribution >= 0.6 is 0 Å². The smallest absolute Gasteiger partial charge is 0.338 e. The minimum atomic E-state index is -0.945. The molecule has 112 valence electrons. The molecule has 4 nitrogen and oxygen atoms in total. The summed E-state index contributed by atoms with van der Waals surface area (Å²) in [6.07, 6.45) is 4.82. The highest BCUT2D eigenvalue weighted by atomic mass is 16.4. The zero-order valence-corrected chi connectivity index (χ0v) is 12.8. The Labute approximate surface area is 120 Å². The topological polar surface area (TPSA) is 62.5 Å². The van der Waals surface area contributed by atoms with E-state index in [0.717, 1.165) is 12.8 Å². The van der Waals surface area contributed by atoms with Gasteiger partial charge in [-0.05, 0) is 36.2 Å². The van der Waals surface area contributed by atoms with Crippen LogP contribution < -0.4 is 5.32 Å². The van der Waals surface area contributed by atoms with E-state index in [1.165, 1.54) is 12.7 Å². The van der Waals surface area contributed by atoms with E-state index < -0.39 is 5.97 Å². The number of carboxylic acid groups (broad SMARTS) is 1. The van der Waals surface area contributed by atoms with E-state index in [1.807, 2.05) is 0 Å². The molecule has 1 aliphatic carbocycles. The number of rotatable bonds is 4. The Morgan fingerprint density at radius 3 is 2.45 bits per heavy atom. The zero-order valence-electron chi connectivity index (χ0n) is 12.8. The maximum atomic E-state index is 10.8. The number of aromatic carboxylic acids is 1. The minimum Gasteiger partial charge on any atom is -0.478 e. The summed E-state index contributed by atoms with van der Waals surface area (Å²) in [4.78, 5) is 10.8. The molecular weight excluding hydrogens is 254 g/mol. The van der Waals surface area contributed by atoms with E-state index in [0.29, 0.717) is 29.2 Å². The lowest BCUT2D eigenvalue weighted by Gasteiger charge is -2.45. The van der Waals surface area contributed by atoms with Crippen molar-refractivity contribution < 1.29 is 14.3 Å². The molecule has 20 heavy (non-hydrogen) atoms. The predicted octanol–water partition coefficient (Wildman–Crippen LogP) is 3.67. The minimum absolute atomic E-state index is 0.214. The maximum Gasteiger partial charge on any atom is 0.338 e. The Hall–Kier alpha value is -1.29. The Morgan fingerprint density at radius 1 is 1.35 bits per heavy atom. The average Bonchev–Trinajstić information content (AvgIpc) is 2.70. The van der Waals surface area contributed by atoms with Crippen LogP contribution in [0.4, 0.5) is 0 Å². The molecule has 0 radical (unpaired) electrons. The normalized spacial score (nSPS) is 21.8. The molecule has 1 fully saturated rings. The van der Waals surface area contributed by atoms with E-state index in [-0.39, 0.29) is 5.56 Å². The molecule has 0 atom stereocenters. The Morgan fingerprint density at radius 2 is 1.95 bits per heavy atom. The molecule has 1 aliphatic rings. The fourth-order valence-corrected chi connectivity index (χ4v) is 3.82. The highest BCUT2D eigenvalue weighted by molar-refractivity contribution is 5.87. The van der Waals surface area contributed by atoms with Gasteiger partial charge in [0.1, 0.15) is 12.0 Å². The van der Waals surface area contributed by atoms with Crippen molar-refractivity contribution in [3.05, 3.63) is 23.7 Å². The van der Waals surface area contributed by atoms with Gasteiger partial charge < -0.3 is 14.8 Å². The second kappa shape index (κ2) is 5.24. The molecule has 1 aromatic rings. The lowest BCUT2D eigenvalue weighted by molar-refractivity contribution is 0.0696. The molecule has 2 rings (SSSR count). The first-order chi connectivity index (χ1) is 9.17. The van der Waals surface area contributed by atoms with E-state index in [9.17, 15) is 4.79 Å². The molecule has 0 aliphatic heterocycles. The van der Waals surface area contributed by atoms with Crippen LogP contribution in [-0.2, 0) is 6.54 Å². The Bertz CT molecular complexity index is 472. The summed E-state index contributed by atoms with van der Waals surface area (Å²) in [5.41, 5.74) is 0.898. The molecule has 1 saturated carbocycles. The van der Waals surface area contributed by atoms with Crippen LogP contribution in [0.5, 0.6) is 0 Å². The van der Waals surface area contributed by atoms with Crippen molar-refractivity contribution >= 4 is 5.97 Å². The van der Waals surface area contributed by atoms with E-state index in [1.54, 1.807) is 6.07 Å². The summed E-state index contributed by atoms with van der Waals surface area (Å²) in [6, 6.07) is 2.04. The van der Waals surface area contributed by atoms with Gasteiger partial charge in [-0.25, -0.2) is 4.79 Å². The molecule has 2 N–H and O–H groups in total. The van der Waals surface area contributed by atoms with Crippen molar-refractivity contribution in [1.82, 2.24) is 5.32 Å². The third kappa shape index (κ3) is 3.85. The largest absolute Gasteiger partial charge is 0.478 e. The lowest BCUT2D eigenvalue weighted by Crippen LogP contribution is -2.43. The molecule has 0 amide bonds. The van der Waals surface area contributed by atoms with Gasteiger partial charge in [0.05, 0.1) is 12.1 Å². The fourth-order valence-electron chi connectivity index (χ4n) is 3.82. The number of carboxylic acids is 1.